The van der Waals surface area contributed by atoms with Crippen molar-refractivity contribution in [2.75, 3.05) is 5.32 Å². The smallest absolute Gasteiger partial charge is 0.158 e. The van der Waals surface area contributed by atoms with Crippen molar-refractivity contribution < 1.29 is 4.74 Å². The molecule has 0 saturated heterocycles. The lowest BCUT2D eigenvalue weighted by molar-refractivity contribution is 0.479. The van der Waals surface area contributed by atoms with Crippen LogP contribution in [-0.4, -0.2) is 0 Å². The Bertz CT molecular complexity index is 588. The van der Waals surface area contributed by atoms with Gasteiger partial charge in [0.2, 0.25) is 0 Å². The molecule has 1 aliphatic rings. The van der Waals surface area contributed by atoms with Crippen LogP contribution in [-0.2, 0) is 0 Å². The van der Waals surface area contributed by atoms with Crippen LogP contribution in [0.25, 0.3) is 12.2 Å². The third-order valence-electron chi connectivity index (χ3n) is 3.00. The molecule has 2 heteroatoms. The fraction of sp³-hybridized carbons (Fsp3) is 0. The Morgan fingerprint density at radius 1 is 0.833 bits per heavy atom. The minimum absolute atomic E-state index is 0.814. The van der Waals surface area contributed by atoms with E-state index in [2.05, 4.69) is 18.5 Å². The van der Waals surface area contributed by atoms with Gasteiger partial charge in [0.15, 0.2) is 11.5 Å². The van der Waals surface area contributed by atoms with Crippen LogP contribution in [0.5, 0.6) is 11.5 Å². The maximum absolute atomic E-state index is 6.02. The van der Waals surface area contributed by atoms with Gasteiger partial charge in [-0.1, -0.05) is 49.6 Å². The van der Waals surface area contributed by atoms with Gasteiger partial charge in [-0.15, -0.1) is 0 Å². The van der Waals surface area contributed by atoms with E-state index in [0.29, 0.717) is 0 Å². The van der Waals surface area contributed by atoms with Gasteiger partial charge in [0.05, 0.1) is 11.4 Å². The summed E-state index contributed by atoms with van der Waals surface area (Å²) in [6.45, 7) is 7.62. The first-order valence-electron chi connectivity index (χ1n) is 5.79. The highest BCUT2D eigenvalue weighted by molar-refractivity contribution is 5.82. The molecule has 0 amide bonds. The molecule has 1 aliphatic heterocycles. The first-order chi connectivity index (χ1) is 8.83. The Labute approximate surface area is 106 Å². The van der Waals surface area contributed by atoms with Gasteiger partial charge in [0.25, 0.3) is 0 Å². The molecule has 0 unspecified atom stereocenters. The van der Waals surface area contributed by atoms with Gasteiger partial charge in [0.1, 0.15) is 0 Å². The third kappa shape index (κ3) is 1.51. The molecular formula is C16H13NO. The average molecular weight is 235 g/mol. The van der Waals surface area contributed by atoms with E-state index in [4.69, 9.17) is 4.74 Å². The summed E-state index contributed by atoms with van der Waals surface area (Å²) in [5.41, 5.74) is 3.87. The second-order valence-electron chi connectivity index (χ2n) is 4.08. The number of rotatable bonds is 2. The quantitative estimate of drug-likeness (QED) is 0.687. The van der Waals surface area contributed by atoms with E-state index in [1.807, 2.05) is 36.4 Å². The maximum Gasteiger partial charge on any atom is 0.158 e. The zero-order valence-electron chi connectivity index (χ0n) is 9.94. The number of ether oxygens (including phenoxy) is 1. The molecule has 2 nitrogen and oxygen atoms in total. The third-order valence-corrected chi connectivity index (χ3v) is 3.00. The fourth-order valence-electron chi connectivity index (χ4n) is 2.10. The highest BCUT2D eigenvalue weighted by atomic mass is 16.5. The second kappa shape index (κ2) is 4.08. The summed E-state index contributed by atoms with van der Waals surface area (Å²) >= 11 is 0. The Morgan fingerprint density at radius 3 is 1.78 bits per heavy atom. The maximum atomic E-state index is 6.02. The highest BCUT2D eigenvalue weighted by Crippen LogP contribution is 2.45. The number of para-hydroxylation sites is 2. The van der Waals surface area contributed by atoms with Crippen LogP contribution in [0.3, 0.4) is 0 Å². The van der Waals surface area contributed by atoms with Crippen molar-refractivity contribution in [1.82, 2.24) is 0 Å². The second-order valence-corrected chi connectivity index (χ2v) is 4.08. The van der Waals surface area contributed by atoms with Crippen LogP contribution < -0.4 is 10.1 Å². The molecule has 0 saturated carbocycles. The van der Waals surface area contributed by atoms with Crippen LogP contribution in [0.15, 0.2) is 49.6 Å². The van der Waals surface area contributed by atoms with E-state index in [-0.39, 0.29) is 0 Å². The first kappa shape index (κ1) is 10.7. The van der Waals surface area contributed by atoms with Crippen LogP contribution in [0.2, 0.25) is 0 Å². The van der Waals surface area contributed by atoms with Gasteiger partial charge in [-0.2, -0.15) is 0 Å². The summed E-state index contributed by atoms with van der Waals surface area (Å²) in [6, 6.07) is 11.9. The van der Waals surface area contributed by atoms with E-state index < -0.39 is 0 Å². The molecule has 18 heavy (non-hydrogen) atoms. The zero-order valence-corrected chi connectivity index (χ0v) is 9.94. The van der Waals surface area contributed by atoms with Crippen molar-refractivity contribution in [3.05, 3.63) is 60.7 Å². The van der Waals surface area contributed by atoms with Crippen LogP contribution in [0.1, 0.15) is 11.1 Å². The molecular weight excluding hydrogens is 222 g/mol. The lowest BCUT2D eigenvalue weighted by Gasteiger charge is -2.24. The number of benzene rings is 2. The van der Waals surface area contributed by atoms with Gasteiger partial charge < -0.3 is 10.1 Å². The van der Waals surface area contributed by atoms with E-state index in [0.717, 1.165) is 34.0 Å². The van der Waals surface area contributed by atoms with Crippen molar-refractivity contribution in [1.29, 1.82) is 0 Å². The number of fused-ring (bicyclic) bond motifs is 2. The van der Waals surface area contributed by atoms with Crippen LogP contribution in [0, 0.1) is 0 Å². The number of nitrogens with one attached hydrogen (secondary N) is 1. The predicted molar refractivity (Wildman–Crippen MR) is 76.4 cm³/mol. The van der Waals surface area contributed by atoms with E-state index in [9.17, 15) is 0 Å². The van der Waals surface area contributed by atoms with Crippen LogP contribution in [0.4, 0.5) is 11.4 Å². The number of hydrogen-bond donors (Lipinski definition) is 1. The molecule has 0 aliphatic carbocycles. The van der Waals surface area contributed by atoms with E-state index >= 15 is 0 Å². The summed E-state index contributed by atoms with van der Waals surface area (Å²) < 4.78 is 6.02. The topological polar surface area (TPSA) is 21.3 Å². The van der Waals surface area contributed by atoms with E-state index in [1.165, 1.54) is 0 Å². The predicted octanol–water partition coefficient (Wildman–Crippen LogP) is 4.82. The molecule has 1 N–H and O–H groups in total. The molecule has 0 fully saturated rings. The summed E-state index contributed by atoms with van der Waals surface area (Å²) in [5.74, 6) is 1.63. The first-order valence-corrected chi connectivity index (χ1v) is 5.79. The lowest BCUT2D eigenvalue weighted by Crippen LogP contribution is -2.05. The van der Waals surface area contributed by atoms with Crippen molar-refractivity contribution in [2.24, 2.45) is 0 Å². The minimum atomic E-state index is 0.814. The summed E-state index contributed by atoms with van der Waals surface area (Å²) in [7, 11) is 0. The van der Waals surface area contributed by atoms with Crippen molar-refractivity contribution in [3.63, 3.8) is 0 Å². The van der Waals surface area contributed by atoms with Gasteiger partial charge in [-0.05, 0) is 12.1 Å². The average Bonchev–Trinajstić information content (AvgIpc) is 2.43. The van der Waals surface area contributed by atoms with Crippen LogP contribution >= 0.6 is 0 Å². The number of hydrogen-bond acceptors (Lipinski definition) is 2. The van der Waals surface area contributed by atoms with Crippen molar-refractivity contribution >= 4 is 23.5 Å². The van der Waals surface area contributed by atoms with Gasteiger partial charge in [0, 0.05) is 11.1 Å². The van der Waals surface area contributed by atoms with E-state index in [1.54, 1.807) is 12.2 Å². The van der Waals surface area contributed by atoms with Gasteiger partial charge in [-0.3, -0.25) is 0 Å². The number of anilines is 2. The minimum Gasteiger partial charge on any atom is -0.452 e. The SMILES string of the molecule is C=Cc1cccc2c1Oc1c(C=C)cccc1N2. The summed E-state index contributed by atoms with van der Waals surface area (Å²) in [4.78, 5) is 0. The zero-order chi connectivity index (χ0) is 12.5. The molecule has 0 atom stereocenters. The van der Waals surface area contributed by atoms with Crippen molar-refractivity contribution in [2.45, 2.75) is 0 Å². The Balaban J connectivity index is 2.18. The summed E-state index contributed by atoms with van der Waals surface area (Å²) in [6.07, 6.45) is 3.59. The lowest BCUT2D eigenvalue weighted by atomic mass is 10.1. The largest absolute Gasteiger partial charge is 0.452 e. The molecule has 1 heterocycles. The van der Waals surface area contributed by atoms with Crippen molar-refractivity contribution in [3.8, 4) is 11.5 Å². The molecule has 0 aromatic heterocycles. The standard InChI is InChI=1S/C16H13NO/c1-3-11-7-5-9-13-15(11)18-16-12(4-2)8-6-10-14(16)17-13/h3-10,17H,1-2H2. The molecule has 2 aromatic carbocycles. The summed E-state index contributed by atoms with van der Waals surface area (Å²) in [5, 5.41) is 3.37. The van der Waals surface area contributed by atoms with Gasteiger partial charge in [-0.25, -0.2) is 0 Å². The van der Waals surface area contributed by atoms with Gasteiger partial charge >= 0.3 is 0 Å². The molecule has 0 bridgehead atoms. The Kier molecular flexibility index (Phi) is 2.41. The Hall–Kier alpha value is -2.48. The normalized spacial score (nSPS) is 11.6. The Morgan fingerprint density at radius 2 is 1.33 bits per heavy atom. The fourth-order valence-corrected chi connectivity index (χ4v) is 2.10. The molecule has 0 radical (unpaired) electrons. The molecule has 3 rings (SSSR count). The monoisotopic (exact) mass is 235 g/mol. The molecule has 2 aromatic rings. The highest BCUT2D eigenvalue weighted by Gasteiger charge is 2.19. The molecule has 0 spiro atoms. The molecule has 88 valence electrons.